The molecule has 134 valence electrons. The van der Waals surface area contributed by atoms with Crippen LogP contribution < -0.4 is 5.32 Å². The average Bonchev–Trinajstić information content (AvgIpc) is 3.40. The van der Waals surface area contributed by atoms with Gasteiger partial charge in [-0.3, -0.25) is 4.79 Å². The van der Waals surface area contributed by atoms with Crippen molar-refractivity contribution >= 4 is 16.9 Å². The molecular formula is C21H24N4O. The predicted molar refractivity (Wildman–Crippen MR) is 103 cm³/mol. The van der Waals surface area contributed by atoms with E-state index in [9.17, 15) is 4.79 Å². The lowest BCUT2D eigenvalue weighted by Crippen LogP contribution is -2.34. The molecule has 26 heavy (non-hydrogen) atoms. The van der Waals surface area contributed by atoms with Gasteiger partial charge < -0.3 is 5.32 Å². The molecule has 4 rings (SSSR count). The molecule has 1 aromatic carbocycles. The molecule has 2 aromatic heterocycles. The number of nitrogens with one attached hydrogen (secondary N) is 1. The first-order valence-electron chi connectivity index (χ1n) is 9.29. The number of fused-ring (bicyclic) bond motifs is 1. The van der Waals surface area contributed by atoms with Gasteiger partial charge in [-0.25, -0.2) is 9.67 Å². The Morgan fingerprint density at radius 1 is 1.19 bits per heavy atom. The van der Waals surface area contributed by atoms with Crippen molar-refractivity contribution < 1.29 is 4.79 Å². The number of rotatable bonds is 5. The Balaban J connectivity index is 1.83. The maximum absolute atomic E-state index is 13.0. The molecule has 5 heteroatoms. The lowest BCUT2D eigenvalue weighted by atomic mass is 10.1. The molecule has 5 nitrogen and oxygen atoms in total. The van der Waals surface area contributed by atoms with E-state index in [2.05, 4.69) is 31.2 Å². The van der Waals surface area contributed by atoms with E-state index in [-0.39, 0.29) is 18.0 Å². The molecule has 0 radical (unpaired) electrons. The Kier molecular flexibility index (Phi) is 4.23. The van der Waals surface area contributed by atoms with E-state index in [0.29, 0.717) is 11.5 Å². The summed E-state index contributed by atoms with van der Waals surface area (Å²) in [5, 5.41) is 8.44. The summed E-state index contributed by atoms with van der Waals surface area (Å²) in [5.41, 5.74) is 3.19. The summed E-state index contributed by atoms with van der Waals surface area (Å²) in [4.78, 5) is 17.8. The van der Waals surface area contributed by atoms with Crippen molar-refractivity contribution in [3.63, 3.8) is 0 Å². The largest absolute Gasteiger partial charge is 0.349 e. The Hall–Kier alpha value is -2.69. The molecule has 1 saturated carbocycles. The van der Waals surface area contributed by atoms with E-state index in [0.717, 1.165) is 22.3 Å². The fraction of sp³-hybridized carbons (Fsp3) is 0.381. The highest BCUT2D eigenvalue weighted by molar-refractivity contribution is 6.06. The second-order valence-electron chi connectivity index (χ2n) is 7.44. The van der Waals surface area contributed by atoms with Gasteiger partial charge in [-0.15, -0.1) is 0 Å². The SMILES string of the molecule is CC(C)n1ncc2c(C(=O)N[C@H](C)C3CC3)cc(-c3ccccc3)nc21. The van der Waals surface area contributed by atoms with Crippen molar-refractivity contribution in [1.82, 2.24) is 20.1 Å². The van der Waals surface area contributed by atoms with Gasteiger partial charge in [0.25, 0.3) is 5.91 Å². The van der Waals surface area contributed by atoms with Crippen LogP contribution in [-0.4, -0.2) is 26.7 Å². The van der Waals surface area contributed by atoms with Gasteiger partial charge in [0, 0.05) is 17.6 Å². The zero-order valence-electron chi connectivity index (χ0n) is 15.4. The minimum Gasteiger partial charge on any atom is -0.349 e. The number of aromatic nitrogens is 3. The van der Waals surface area contributed by atoms with Crippen molar-refractivity contribution in [3.8, 4) is 11.3 Å². The van der Waals surface area contributed by atoms with E-state index < -0.39 is 0 Å². The van der Waals surface area contributed by atoms with Crippen molar-refractivity contribution in [1.29, 1.82) is 0 Å². The van der Waals surface area contributed by atoms with Crippen LogP contribution in [-0.2, 0) is 0 Å². The number of hydrogen-bond donors (Lipinski definition) is 1. The fourth-order valence-corrected chi connectivity index (χ4v) is 3.34. The molecule has 0 aliphatic heterocycles. The molecule has 2 heterocycles. The zero-order chi connectivity index (χ0) is 18.3. The minimum absolute atomic E-state index is 0.0442. The van der Waals surface area contributed by atoms with Gasteiger partial charge in [0.2, 0.25) is 0 Å². The average molecular weight is 348 g/mol. The maximum Gasteiger partial charge on any atom is 0.252 e. The predicted octanol–water partition coefficient (Wildman–Crippen LogP) is 4.21. The second-order valence-corrected chi connectivity index (χ2v) is 7.44. The highest BCUT2D eigenvalue weighted by Crippen LogP contribution is 2.33. The van der Waals surface area contributed by atoms with Crippen LogP contribution in [0.5, 0.6) is 0 Å². The third-order valence-electron chi connectivity index (χ3n) is 5.06. The Morgan fingerprint density at radius 3 is 2.58 bits per heavy atom. The molecule has 0 spiro atoms. The van der Waals surface area contributed by atoms with Crippen LogP contribution in [0.15, 0.2) is 42.6 Å². The zero-order valence-corrected chi connectivity index (χ0v) is 15.4. The number of benzene rings is 1. The van der Waals surface area contributed by atoms with Crippen molar-refractivity contribution in [2.24, 2.45) is 5.92 Å². The van der Waals surface area contributed by atoms with Crippen molar-refractivity contribution in [3.05, 3.63) is 48.2 Å². The van der Waals surface area contributed by atoms with Crippen LogP contribution in [0.25, 0.3) is 22.3 Å². The number of hydrogen-bond acceptors (Lipinski definition) is 3. The number of carbonyl (C=O) groups is 1. The first kappa shape index (κ1) is 16.8. The quantitative estimate of drug-likeness (QED) is 0.751. The minimum atomic E-state index is -0.0442. The highest BCUT2D eigenvalue weighted by atomic mass is 16.1. The number of pyridine rings is 1. The molecule has 0 unspecified atom stereocenters. The molecule has 0 saturated heterocycles. The fourth-order valence-electron chi connectivity index (χ4n) is 3.34. The van der Waals surface area contributed by atoms with Gasteiger partial charge in [-0.1, -0.05) is 30.3 Å². The third-order valence-corrected chi connectivity index (χ3v) is 5.06. The van der Waals surface area contributed by atoms with E-state index >= 15 is 0 Å². The molecule has 1 fully saturated rings. The number of nitrogens with zero attached hydrogens (tertiary/aromatic N) is 3. The first-order chi connectivity index (χ1) is 12.5. The van der Waals surface area contributed by atoms with E-state index in [1.54, 1.807) is 6.20 Å². The molecule has 1 atom stereocenters. The summed E-state index contributed by atoms with van der Waals surface area (Å²) in [6, 6.07) is 12.2. The van der Waals surface area contributed by atoms with Crippen LogP contribution >= 0.6 is 0 Å². The normalized spacial score (nSPS) is 15.4. The van der Waals surface area contributed by atoms with Crippen LogP contribution in [0.2, 0.25) is 0 Å². The number of carbonyl (C=O) groups excluding carboxylic acids is 1. The standard InChI is InChI=1S/C21H24N4O/c1-13(2)25-20-18(12-22-25)17(21(26)23-14(3)15-9-10-15)11-19(24-20)16-7-5-4-6-8-16/h4-8,11-15H,9-10H2,1-3H3,(H,23,26)/t14-/m1/s1. The Labute approximate surface area is 153 Å². The summed E-state index contributed by atoms with van der Waals surface area (Å²) in [6.45, 7) is 6.22. The summed E-state index contributed by atoms with van der Waals surface area (Å²) in [7, 11) is 0. The molecule has 1 aliphatic carbocycles. The second kappa shape index (κ2) is 6.56. The topological polar surface area (TPSA) is 59.8 Å². The molecular weight excluding hydrogens is 324 g/mol. The molecule has 0 bridgehead atoms. The molecule has 1 aliphatic rings. The lowest BCUT2D eigenvalue weighted by Gasteiger charge is -2.14. The van der Waals surface area contributed by atoms with E-state index in [4.69, 9.17) is 4.98 Å². The first-order valence-corrected chi connectivity index (χ1v) is 9.29. The maximum atomic E-state index is 13.0. The molecule has 1 N–H and O–H groups in total. The summed E-state index contributed by atoms with van der Waals surface area (Å²) in [5.74, 6) is 0.570. The highest BCUT2D eigenvalue weighted by Gasteiger charge is 2.29. The van der Waals surface area contributed by atoms with Gasteiger partial charge in [-0.2, -0.15) is 5.10 Å². The Bertz CT molecular complexity index is 941. The summed E-state index contributed by atoms with van der Waals surface area (Å²) >= 11 is 0. The monoisotopic (exact) mass is 348 g/mol. The van der Waals surface area contributed by atoms with Gasteiger partial charge in [0.05, 0.1) is 22.8 Å². The summed E-state index contributed by atoms with van der Waals surface area (Å²) in [6.07, 6.45) is 4.16. The number of amides is 1. The third kappa shape index (κ3) is 3.09. The van der Waals surface area contributed by atoms with E-state index in [1.165, 1.54) is 12.8 Å². The van der Waals surface area contributed by atoms with Gasteiger partial charge in [0.15, 0.2) is 5.65 Å². The molecule has 3 aromatic rings. The molecule has 1 amide bonds. The van der Waals surface area contributed by atoms with Gasteiger partial charge in [-0.05, 0) is 45.6 Å². The Morgan fingerprint density at radius 2 is 1.92 bits per heavy atom. The van der Waals surface area contributed by atoms with Gasteiger partial charge in [0.1, 0.15) is 0 Å². The van der Waals surface area contributed by atoms with Crippen molar-refractivity contribution in [2.75, 3.05) is 0 Å². The van der Waals surface area contributed by atoms with E-state index in [1.807, 2.05) is 41.1 Å². The van der Waals surface area contributed by atoms with Crippen LogP contribution in [0, 0.1) is 5.92 Å². The smallest absolute Gasteiger partial charge is 0.252 e. The van der Waals surface area contributed by atoms with Gasteiger partial charge >= 0.3 is 0 Å². The van der Waals surface area contributed by atoms with Crippen LogP contribution in [0.3, 0.4) is 0 Å². The lowest BCUT2D eigenvalue weighted by molar-refractivity contribution is 0.0937. The summed E-state index contributed by atoms with van der Waals surface area (Å²) < 4.78 is 1.88. The van der Waals surface area contributed by atoms with Crippen molar-refractivity contribution in [2.45, 2.75) is 45.7 Å². The van der Waals surface area contributed by atoms with Crippen LogP contribution in [0.4, 0.5) is 0 Å². The van der Waals surface area contributed by atoms with Crippen LogP contribution in [0.1, 0.15) is 50.0 Å².